The van der Waals surface area contributed by atoms with E-state index in [0.29, 0.717) is 16.2 Å². The highest BCUT2D eigenvalue weighted by atomic mass is 16.3. The van der Waals surface area contributed by atoms with Gasteiger partial charge in [0.15, 0.2) is 0 Å². The molecule has 0 aromatic rings. The van der Waals surface area contributed by atoms with Gasteiger partial charge in [0.05, 0.1) is 6.10 Å². The second kappa shape index (κ2) is 3.71. The van der Waals surface area contributed by atoms with E-state index in [1.807, 2.05) is 0 Å². The number of aliphatic hydroxyl groups excluding tert-OH is 1. The molecule has 0 aromatic carbocycles. The van der Waals surface area contributed by atoms with Crippen LogP contribution in [0.25, 0.3) is 0 Å². The smallest absolute Gasteiger partial charge is 0.0653 e. The Balaban J connectivity index is 1.87. The van der Waals surface area contributed by atoms with Crippen LogP contribution in [0.3, 0.4) is 0 Å². The van der Waals surface area contributed by atoms with Gasteiger partial charge in [-0.3, -0.25) is 0 Å². The number of hydrogen-bond donors (Lipinski definition) is 1. The summed E-state index contributed by atoms with van der Waals surface area (Å²) in [6.07, 6.45) is 10.7. The summed E-state index contributed by atoms with van der Waals surface area (Å²) in [5.74, 6) is 0.861. The molecule has 4 rings (SSSR count). The zero-order chi connectivity index (χ0) is 15.3. The van der Waals surface area contributed by atoms with Crippen molar-refractivity contribution in [3.63, 3.8) is 0 Å². The molecule has 1 spiro atoms. The molecule has 4 fully saturated rings. The topological polar surface area (TPSA) is 20.2 Å². The highest BCUT2D eigenvalue weighted by Gasteiger charge is 2.77. The van der Waals surface area contributed by atoms with Gasteiger partial charge in [0.2, 0.25) is 0 Å². The molecular weight excluding hydrogens is 256 g/mol. The van der Waals surface area contributed by atoms with Crippen molar-refractivity contribution in [3.8, 4) is 0 Å². The minimum atomic E-state index is -0.0680. The molecule has 21 heavy (non-hydrogen) atoms. The summed E-state index contributed by atoms with van der Waals surface area (Å²) in [5.41, 5.74) is 1.74. The summed E-state index contributed by atoms with van der Waals surface area (Å²) in [6, 6.07) is 0. The molecule has 120 valence electrons. The Morgan fingerprint density at radius 1 is 0.810 bits per heavy atom. The molecule has 0 aliphatic heterocycles. The number of hydrogen-bond acceptors (Lipinski definition) is 1. The minimum absolute atomic E-state index is 0.0680. The molecule has 4 aliphatic carbocycles. The van der Waals surface area contributed by atoms with Crippen molar-refractivity contribution < 1.29 is 5.11 Å². The third-order valence-corrected chi connectivity index (χ3v) is 9.46. The second-order valence-corrected chi connectivity index (χ2v) is 10.6. The van der Waals surface area contributed by atoms with E-state index >= 15 is 0 Å². The predicted molar refractivity (Wildman–Crippen MR) is 87.0 cm³/mol. The average molecular weight is 290 g/mol. The molecule has 0 aromatic heterocycles. The van der Waals surface area contributed by atoms with Crippen LogP contribution >= 0.6 is 0 Å². The lowest BCUT2D eigenvalue weighted by Crippen LogP contribution is -2.62. The molecule has 4 aliphatic rings. The van der Waals surface area contributed by atoms with Crippen LogP contribution in [0.5, 0.6) is 0 Å². The Bertz CT molecular complexity index is 482. The maximum absolute atomic E-state index is 11.2. The fraction of sp³-hybridized carbons (Fsp3) is 1.00. The number of aliphatic hydroxyl groups is 1. The van der Waals surface area contributed by atoms with Crippen LogP contribution in [0.4, 0.5) is 0 Å². The van der Waals surface area contributed by atoms with E-state index in [4.69, 9.17) is 0 Å². The first-order valence-corrected chi connectivity index (χ1v) is 9.30. The maximum atomic E-state index is 11.2. The van der Waals surface area contributed by atoms with Crippen molar-refractivity contribution in [2.45, 2.75) is 92.1 Å². The Morgan fingerprint density at radius 3 is 2.24 bits per heavy atom. The van der Waals surface area contributed by atoms with Gasteiger partial charge in [-0.05, 0) is 72.5 Å². The van der Waals surface area contributed by atoms with Crippen LogP contribution in [0, 0.1) is 33.0 Å². The monoisotopic (exact) mass is 290 g/mol. The summed E-state index contributed by atoms with van der Waals surface area (Å²) >= 11 is 0. The third-order valence-electron chi connectivity index (χ3n) is 9.46. The summed E-state index contributed by atoms with van der Waals surface area (Å²) in [7, 11) is 0. The van der Waals surface area contributed by atoms with Crippen molar-refractivity contribution in [2.75, 3.05) is 0 Å². The lowest BCUT2D eigenvalue weighted by molar-refractivity contribution is -0.211. The molecular formula is C20H34O. The SMILES string of the molecule is CC1(C)CCC[C@@]2(C)[C@@H]1CC[C@@]1(C)[C@@H](O)[C@]3(C)CC[C@]21C3. The Kier molecular flexibility index (Phi) is 2.57. The zero-order valence-corrected chi connectivity index (χ0v) is 14.8. The van der Waals surface area contributed by atoms with E-state index < -0.39 is 0 Å². The van der Waals surface area contributed by atoms with Crippen LogP contribution in [-0.2, 0) is 0 Å². The molecule has 2 bridgehead atoms. The summed E-state index contributed by atoms with van der Waals surface area (Å²) in [4.78, 5) is 0. The average Bonchev–Trinajstić information content (AvgIpc) is 2.82. The highest BCUT2D eigenvalue weighted by molar-refractivity contribution is 5.26. The standard InChI is InChI=1S/C20H34O/c1-16(2)8-6-9-18(4)14(16)7-10-19(5)15(21)17(3)11-12-20(18,19)13-17/h14-15,21H,6-13H2,1-5H3/t14-,15+,17-,18+,19+,20+/m1/s1. The van der Waals surface area contributed by atoms with Crippen molar-refractivity contribution in [3.05, 3.63) is 0 Å². The van der Waals surface area contributed by atoms with Gasteiger partial charge in [0, 0.05) is 5.41 Å². The van der Waals surface area contributed by atoms with Crippen molar-refractivity contribution in [1.29, 1.82) is 0 Å². The molecule has 0 radical (unpaired) electrons. The molecule has 1 N–H and O–H groups in total. The van der Waals surface area contributed by atoms with Crippen LogP contribution in [0.15, 0.2) is 0 Å². The van der Waals surface area contributed by atoms with Gasteiger partial charge < -0.3 is 5.11 Å². The molecule has 0 amide bonds. The third kappa shape index (κ3) is 1.35. The molecule has 0 heterocycles. The molecule has 1 nitrogen and oxygen atoms in total. The van der Waals surface area contributed by atoms with Crippen molar-refractivity contribution in [1.82, 2.24) is 0 Å². The van der Waals surface area contributed by atoms with E-state index in [2.05, 4.69) is 34.6 Å². The lowest BCUT2D eigenvalue weighted by Gasteiger charge is -2.68. The first-order chi connectivity index (χ1) is 9.62. The number of fused-ring (bicyclic) bond motifs is 2. The second-order valence-electron chi connectivity index (χ2n) is 10.6. The van der Waals surface area contributed by atoms with Gasteiger partial charge in [-0.1, -0.05) is 41.0 Å². The van der Waals surface area contributed by atoms with E-state index in [-0.39, 0.29) is 16.9 Å². The molecule has 0 saturated heterocycles. The summed E-state index contributed by atoms with van der Waals surface area (Å²) < 4.78 is 0. The first kappa shape index (κ1) is 14.5. The van der Waals surface area contributed by atoms with Crippen LogP contribution < -0.4 is 0 Å². The van der Waals surface area contributed by atoms with Gasteiger partial charge in [-0.25, -0.2) is 0 Å². The summed E-state index contributed by atoms with van der Waals surface area (Å²) in [5, 5.41) is 11.2. The largest absolute Gasteiger partial charge is 0.392 e. The van der Waals surface area contributed by atoms with E-state index in [1.165, 1.54) is 51.4 Å². The Morgan fingerprint density at radius 2 is 1.52 bits per heavy atom. The van der Waals surface area contributed by atoms with Crippen LogP contribution in [0.1, 0.15) is 86.0 Å². The maximum Gasteiger partial charge on any atom is 0.0653 e. The first-order valence-electron chi connectivity index (χ1n) is 9.30. The van der Waals surface area contributed by atoms with Gasteiger partial charge in [0.25, 0.3) is 0 Å². The van der Waals surface area contributed by atoms with E-state index in [1.54, 1.807) is 0 Å². The molecule has 0 unspecified atom stereocenters. The van der Waals surface area contributed by atoms with Gasteiger partial charge in [0.1, 0.15) is 0 Å². The fourth-order valence-electron chi connectivity index (χ4n) is 8.48. The van der Waals surface area contributed by atoms with Gasteiger partial charge in [-0.2, -0.15) is 0 Å². The van der Waals surface area contributed by atoms with Crippen molar-refractivity contribution >= 4 is 0 Å². The predicted octanol–water partition coefficient (Wildman–Crippen LogP) is 5.17. The highest BCUT2D eigenvalue weighted by Crippen LogP contribution is 2.82. The molecule has 6 atom stereocenters. The Hall–Kier alpha value is -0.0400. The number of rotatable bonds is 0. The quantitative estimate of drug-likeness (QED) is 0.652. The summed E-state index contributed by atoms with van der Waals surface area (Å²) in [6.45, 7) is 12.5. The lowest BCUT2D eigenvalue weighted by atomic mass is 9.37. The van der Waals surface area contributed by atoms with E-state index in [9.17, 15) is 5.11 Å². The Labute approximate surface area is 130 Å². The molecule has 1 heteroatoms. The van der Waals surface area contributed by atoms with Gasteiger partial charge >= 0.3 is 0 Å². The fourth-order valence-corrected chi connectivity index (χ4v) is 8.48. The zero-order valence-electron chi connectivity index (χ0n) is 14.8. The molecule has 4 saturated carbocycles. The van der Waals surface area contributed by atoms with Crippen molar-refractivity contribution in [2.24, 2.45) is 33.0 Å². The van der Waals surface area contributed by atoms with Crippen LogP contribution in [0.2, 0.25) is 0 Å². The van der Waals surface area contributed by atoms with Crippen LogP contribution in [-0.4, -0.2) is 11.2 Å². The normalized spacial score (nSPS) is 61.4. The minimum Gasteiger partial charge on any atom is -0.392 e. The van der Waals surface area contributed by atoms with E-state index in [0.717, 1.165) is 5.92 Å². The van der Waals surface area contributed by atoms with Gasteiger partial charge in [-0.15, -0.1) is 0 Å².